The number of thiazole rings is 1. The molecule has 6 rings (SSSR count). The summed E-state index contributed by atoms with van der Waals surface area (Å²) in [5.74, 6) is 0.192. The number of nitrogens with one attached hydrogen (secondary N) is 1. The summed E-state index contributed by atoms with van der Waals surface area (Å²) >= 11 is 1.46. The van der Waals surface area contributed by atoms with Crippen LogP contribution >= 0.6 is 11.3 Å². The van der Waals surface area contributed by atoms with Crippen molar-refractivity contribution in [2.45, 2.75) is 31.8 Å². The van der Waals surface area contributed by atoms with Gasteiger partial charge in [0, 0.05) is 36.7 Å². The summed E-state index contributed by atoms with van der Waals surface area (Å²) in [6, 6.07) is 9.72. The van der Waals surface area contributed by atoms with Crippen LogP contribution < -0.4 is 5.32 Å². The number of anilines is 1. The second-order valence-corrected chi connectivity index (χ2v) is 9.51. The number of fused-ring (bicyclic) bond motifs is 2. The minimum Gasteiger partial charge on any atom is -0.445 e. The number of rotatable bonds is 4. The molecule has 0 spiro atoms. The van der Waals surface area contributed by atoms with Gasteiger partial charge in [-0.15, -0.1) is 0 Å². The Morgan fingerprint density at radius 2 is 1.91 bits per heavy atom. The second kappa shape index (κ2) is 8.24. The van der Waals surface area contributed by atoms with Crippen molar-refractivity contribution in [2.24, 2.45) is 5.92 Å². The van der Waals surface area contributed by atoms with E-state index in [1.54, 1.807) is 12.4 Å². The number of benzene rings is 1. The molecule has 4 heterocycles. The van der Waals surface area contributed by atoms with Gasteiger partial charge in [0.2, 0.25) is 5.91 Å². The van der Waals surface area contributed by atoms with Crippen molar-refractivity contribution in [3.8, 4) is 11.1 Å². The molecule has 1 amide bonds. The molecule has 4 aromatic rings. The molecule has 2 fully saturated rings. The highest BCUT2D eigenvalue weighted by Crippen LogP contribution is 2.34. The standard InChI is InChI=1S/C24H22N4O4S/c29-22(14-1-2-14)27-23-26-19-4-3-15(12-21(19)33-23)16-11-20-18(25-13-16)5-8-28(20)24(30)32-17-6-9-31-10-7-17/h3-5,8,11-14,17H,1-2,6-7,9-10H2,(H,26,27,29). The Labute approximate surface area is 193 Å². The Hall–Kier alpha value is -3.30. The van der Waals surface area contributed by atoms with Crippen LogP contribution in [0.1, 0.15) is 25.7 Å². The van der Waals surface area contributed by atoms with Crippen molar-refractivity contribution in [3.63, 3.8) is 0 Å². The van der Waals surface area contributed by atoms with Gasteiger partial charge < -0.3 is 14.8 Å². The highest BCUT2D eigenvalue weighted by Gasteiger charge is 2.30. The van der Waals surface area contributed by atoms with E-state index in [2.05, 4.69) is 15.3 Å². The lowest BCUT2D eigenvalue weighted by Crippen LogP contribution is -2.27. The summed E-state index contributed by atoms with van der Waals surface area (Å²) in [4.78, 5) is 33.9. The lowest BCUT2D eigenvalue weighted by molar-refractivity contribution is -0.117. The molecule has 0 unspecified atom stereocenters. The van der Waals surface area contributed by atoms with Crippen molar-refractivity contribution in [3.05, 3.63) is 42.7 Å². The Kier molecular flexibility index (Phi) is 5.07. The molecule has 2 aliphatic rings. The van der Waals surface area contributed by atoms with Crippen molar-refractivity contribution in [1.82, 2.24) is 14.5 Å². The number of ether oxygens (including phenoxy) is 2. The first kappa shape index (κ1) is 20.3. The molecule has 168 valence electrons. The van der Waals surface area contributed by atoms with Crippen LogP contribution in [0.5, 0.6) is 0 Å². The van der Waals surface area contributed by atoms with E-state index in [1.165, 1.54) is 15.9 Å². The number of nitrogens with zero attached hydrogens (tertiary/aromatic N) is 3. The second-order valence-electron chi connectivity index (χ2n) is 8.47. The maximum absolute atomic E-state index is 12.8. The largest absolute Gasteiger partial charge is 0.445 e. The Bertz CT molecular complexity index is 1370. The first-order chi connectivity index (χ1) is 16.1. The monoisotopic (exact) mass is 462 g/mol. The molecular formula is C24H22N4O4S. The molecule has 1 aliphatic heterocycles. The molecule has 8 nitrogen and oxygen atoms in total. The van der Waals surface area contributed by atoms with E-state index in [0.717, 1.165) is 39.7 Å². The van der Waals surface area contributed by atoms with Crippen LogP contribution in [0.3, 0.4) is 0 Å². The predicted molar refractivity (Wildman–Crippen MR) is 125 cm³/mol. The third-order valence-corrected chi connectivity index (χ3v) is 7.00. The van der Waals surface area contributed by atoms with Gasteiger partial charge in [0.25, 0.3) is 0 Å². The SMILES string of the molecule is O=C(Nc1nc2ccc(-c3cnc4ccn(C(=O)OC5CCOCC5)c4c3)cc2s1)C1CC1. The van der Waals surface area contributed by atoms with Gasteiger partial charge in [-0.1, -0.05) is 17.4 Å². The fourth-order valence-electron chi connectivity index (χ4n) is 4.03. The van der Waals surface area contributed by atoms with E-state index in [0.29, 0.717) is 36.7 Å². The smallest absolute Gasteiger partial charge is 0.418 e. The predicted octanol–water partition coefficient (Wildman–Crippen LogP) is 4.83. The van der Waals surface area contributed by atoms with Crippen molar-refractivity contribution >= 4 is 49.7 Å². The van der Waals surface area contributed by atoms with Gasteiger partial charge in [0.1, 0.15) is 6.10 Å². The zero-order valence-electron chi connectivity index (χ0n) is 17.8. The maximum atomic E-state index is 12.8. The topological polar surface area (TPSA) is 95.3 Å². The van der Waals surface area contributed by atoms with Gasteiger partial charge in [0.15, 0.2) is 5.13 Å². The van der Waals surface area contributed by atoms with Crippen LogP contribution in [-0.4, -0.2) is 45.9 Å². The summed E-state index contributed by atoms with van der Waals surface area (Å²) < 4.78 is 13.5. The summed E-state index contributed by atoms with van der Waals surface area (Å²) in [6.07, 6.45) is 6.33. The number of amides is 1. The fraction of sp³-hybridized carbons (Fsp3) is 0.333. The number of carbonyl (C=O) groups is 2. The first-order valence-corrected chi connectivity index (χ1v) is 11.9. The van der Waals surface area contributed by atoms with Gasteiger partial charge in [-0.3, -0.25) is 14.3 Å². The molecule has 33 heavy (non-hydrogen) atoms. The van der Waals surface area contributed by atoms with Gasteiger partial charge >= 0.3 is 6.09 Å². The minimum absolute atomic E-state index is 0.0531. The van der Waals surface area contributed by atoms with Crippen LogP contribution in [0.15, 0.2) is 42.7 Å². The number of hydrogen-bond donors (Lipinski definition) is 1. The highest BCUT2D eigenvalue weighted by atomic mass is 32.1. The van der Waals surface area contributed by atoms with E-state index in [9.17, 15) is 9.59 Å². The average Bonchev–Trinajstić information content (AvgIpc) is 3.48. The van der Waals surface area contributed by atoms with Crippen LogP contribution in [0.2, 0.25) is 0 Å². The van der Waals surface area contributed by atoms with Crippen molar-refractivity contribution < 1.29 is 19.1 Å². The molecule has 0 atom stereocenters. The van der Waals surface area contributed by atoms with E-state index in [-0.39, 0.29) is 17.9 Å². The number of aromatic nitrogens is 3. The van der Waals surface area contributed by atoms with E-state index >= 15 is 0 Å². The number of pyridine rings is 1. The van der Waals surface area contributed by atoms with Crippen LogP contribution in [0.4, 0.5) is 9.93 Å². The summed E-state index contributed by atoms with van der Waals surface area (Å²) in [7, 11) is 0. The number of hydrogen-bond acceptors (Lipinski definition) is 7. The lowest BCUT2D eigenvalue weighted by atomic mass is 10.1. The van der Waals surface area contributed by atoms with Gasteiger partial charge in [0.05, 0.1) is 34.5 Å². The first-order valence-electron chi connectivity index (χ1n) is 11.1. The molecule has 1 aliphatic carbocycles. The number of carbonyl (C=O) groups excluding carboxylic acids is 2. The Morgan fingerprint density at radius 3 is 2.73 bits per heavy atom. The van der Waals surface area contributed by atoms with Crippen molar-refractivity contribution in [1.29, 1.82) is 0 Å². The van der Waals surface area contributed by atoms with Gasteiger partial charge in [-0.2, -0.15) is 0 Å². The zero-order valence-corrected chi connectivity index (χ0v) is 18.6. The highest BCUT2D eigenvalue weighted by molar-refractivity contribution is 7.22. The zero-order chi connectivity index (χ0) is 22.4. The molecule has 9 heteroatoms. The molecule has 3 aromatic heterocycles. The minimum atomic E-state index is -0.398. The Balaban J connectivity index is 1.27. The fourth-order valence-corrected chi connectivity index (χ4v) is 4.94. The third-order valence-electron chi connectivity index (χ3n) is 6.07. The van der Waals surface area contributed by atoms with Crippen molar-refractivity contribution in [2.75, 3.05) is 18.5 Å². The summed E-state index contributed by atoms with van der Waals surface area (Å²) in [6.45, 7) is 1.23. The van der Waals surface area contributed by atoms with E-state index in [4.69, 9.17) is 9.47 Å². The molecule has 0 bridgehead atoms. The molecule has 1 aromatic carbocycles. The lowest BCUT2D eigenvalue weighted by Gasteiger charge is -2.22. The molecule has 1 saturated carbocycles. The average molecular weight is 463 g/mol. The van der Waals surface area contributed by atoms with Gasteiger partial charge in [-0.25, -0.2) is 9.78 Å². The normalized spacial score (nSPS) is 16.8. The van der Waals surface area contributed by atoms with Crippen LogP contribution in [0, 0.1) is 5.92 Å². The summed E-state index contributed by atoms with van der Waals surface area (Å²) in [5, 5.41) is 3.54. The quantitative estimate of drug-likeness (QED) is 0.467. The molecular weight excluding hydrogens is 440 g/mol. The van der Waals surface area contributed by atoms with E-state index in [1.807, 2.05) is 30.3 Å². The third kappa shape index (κ3) is 4.09. The molecule has 0 radical (unpaired) electrons. The van der Waals surface area contributed by atoms with Crippen LogP contribution in [-0.2, 0) is 14.3 Å². The maximum Gasteiger partial charge on any atom is 0.418 e. The molecule has 1 N–H and O–H groups in total. The van der Waals surface area contributed by atoms with Crippen LogP contribution in [0.25, 0.3) is 32.4 Å². The Morgan fingerprint density at radius 1 is 1.06 bits per heavy atom. The van der Waals surface area contributed by atoms with E-state index < -0.39 is 6.09 Å². The van der Waals surface area contributed by atoms with Gasteiger partial charge in [-0.05, 0) is 42.7 Å². The summed E-state index contributed by atoms with van der Waals surface area (Å²) in [5.41, 5.74) is 4.12. The molecule has 1 saturated heterocycles.